The largest absolute Gasteiger partial charge is 0.507 e. The van der Waals surface area contributed by atoms with Crippen LogP contribution < -0.4 is 20.3 Å². The number of aromatic nitrogens is 1. The van der Waals surface area contributed by atoms with Gasteiger partial charge in [0.25, 0.3) is 11.5 Å². The molecule has 150 valence electrons. The van der Waals surface area contributed by atoms with Crippen molar-refractivity contribution in [2.75, 3.05) is 14.2 Å². The quantitative estimate of drug-likeness (QED) is 0.643. The van der Waals surface area contributed by atoms with E-state index in [0.29, 0.717) is 18.0 Å². The van der Waals surface area contributed by atoms with E-state index in [1.807, 2.05) is 30.3 Å². The Hall–Kier alpha value is -3.74. The Bertz CT molecular complexity index is 1060. The number of hydrogen-bond acceptors (Lipinski definition) is 5. The van der Waals surface area contributed by atoms with Crippen molar-refractivity contribution in [2.45, 2.75) is 13.1 Å². The summed E-state index contributed by atoms with van der Waals surface area (Å²) in [5, 5.41) is 12.8. The molecule has 0 aliphatic carbocycles. The Labute approximate surface area is 168 Å². The van der Waals surface area contributed by atoms with Gasteiger partial charge in [-0.2, -0.15) is 0 Å². The predicted octanol–water partition coefficient (Wildman–Crippen LogP) is 2.55. The highest BCUT2D eigenvalue weighted by atomic mass is 16.5. The second-order valence-electron chi connectivity index (χ2n) is 6.38. The molecule has 7 heteroatoms. The Morgan fingerprint density at radius 3 is 2.52 bits per heavy atom. The van der Waals surface area contributed by atoms with Crippen LogP contribution in [0.3, 0.4) is 0 Å². The molecule has 2 aromatic carbocycles. The minimum Gasteiger partial charge on any atom is -0.507 e. The van der Waals surface area contributed by atoms with Crippen LogP contribution in [0.4, 0.5) is 0 Å². The zero-order chi connectivity index (χ0) is 20.8. The number of benzene rings is 2. The summed E-state index contributed by atoms with van der Waals surface area (Å²) in [5.74, 6) is 0.353. The van der Waals surface area contributed by atoms with Gasteiger partial charge in [0.05, 0.1) is 26.3 Å². The van der Waals surface area contributed by atoms with E-state index < -0.39 is 5.91 Å². The molecule has 0 aliphatic rings. The molecule has 0 saturated carbocycles. The van der Waals surface area contributed by atoms with Crippen molar-refractivity contribution in [1.29, 1.82) is 0 Å². The lowest BCUT2D eigenvalue weighted by Gasteiger charge is -2.13. The molecule has 0 atom stereocenters. The number of carbonyl (C=O) groups is 1. The number of carbonyl (C=O) groups excluding carboxylic acids is 1. The van der Waals surface area contributed by atoms with Crippen LogP contribution in [0.15, 0.2) is 65.6 Å². The molecular formula is C22H22N2O5. The van der Waals surface area contributed by atoms with Crippen molar-refractivity contribution in [3.8, 4) is 17.2 Å². The number of nitrogens with zero attached hydrogens (tertiary/aromatic N) is 1. The van der Waals surface area contributed by atoms with Gasteiger partial charge in [-0.3, -0.25) is 9.59 Å². The summed E-state index contributed by atoms with van der Waals surface area (Å²) in [6, 6.07) is 15.7. The molecule has 0 bridgehead atoms. The molecule has 7 nitrogen and oxygen atoms in total. The van der Waals surface area contributed by atoms with E-state index in [9.17, 15) is 14.7 Å². The smallest absolute Gasteiger partial charge is 0.256 e. The molecule has 0 fully saturated rings. The van der Waals surface area contributed by atoms with Gasteiger partial charge in [0, 0.05) is 30.4 Å². The van der Waals surface area contributed by atoms with Crippen LogP contribution in [-0.4, -0.2) is 29.8 Å². The van der Waals surface area contributed by atoms with Crippen molar-refractivity contribution >= 4 is 5.91 Å². The minimum absolute atomic E-state index is 0.0213. The third-order valence-electron chi connectivity index (χ3n) is 4.48. The zero-order valence-electron chi connectivity index (χ0n) is 16.2. The number of pyridine rings is 1. The van der Waals surface area contributed by atoms with Gasteiger partial charge < -0.3 is 24.5 Å². The number of ether oxygens (including phenoxy) is 2. The number of rotatable bonds is 7. The number of amides is 1. The number of hydrogen-bond donors (Lipinski definition) is 2. The Morgan fingerprint density at radius 1 is 1.07 bits per heavy atom. The van der Waals surface area contributed by atoms with E-state index in [1.165, 1.54) is 17.9 Å². The number of methoxy groups -OCH3 is 2. The fraction of sp³-hybridized carbons (Fsp3) is 0.182. The normalized spacial score (nSPS) is 10.4. The number of nitrogens with one attached hydrogen (secondary N) is 1. The van der Waals surface area contributed by atoms with Gasteiger partial charge in [0.1, 0.15) is 17.2 Å². The van der Waals surface area contributed by atoms with Crippen LogP contribution in [0.1, 0.15) is 21.5 Å². The molecular weight excluding hydrogens is 372 g/mol. The molecule has 0 saturated heterocycles. The van der Waals surface area contributed by atoms with Gasteiger partial charge in [0.15, 0.2) is 0 Å². The van der Waals surface area contributed by atoms with E-state index in [4.69, 9.17) is 9.47 Å². The average molecular weight is 394 g/mol. The standard InChI is InChI=1S/C22H22N2O5/c1-28-17-9-8-16(20(10-17)29-2)12-23-22(27)18-14-24(21(26)11-19(18)25)13-15-6-4-3-5-7-15/h3-11,14,25H,12-13H2,1-2H3,(H,23,27). The van der Waals surface area contributed by atoms with Gasteiger partial charge >= 0.3 is 0 Å². The van der Waals surface area contributed by atoms with Crippen molar-refractivity contribution in [3.63, 3.8) is 0 Å². The van der Waals surface area contributed by atoms with Crippen molar-refractivity contribution in [2.24, 2.45) is 0 Å². The molecule has 0 radical (unpaired) electrons. The first kappa shape index (κ1) is 20.0. The molecule has 3 aromatic rings. The molecule has 0 aliphatic heterocycles. The van der Waals surface area contributed by atoms with Gasteiger partial charge in [-0.1, -0.05) is 30.3 Å². The summed E-state index contributed by atoms with van der Waals surface area (Å²) in [6.07, 6.45) is 1.37. The maximum absolute atomic E-state index is 12.6. The SMILES string of the molecule is COc1ccc(CNC(=O)c2cn(Cc3ccccc3)c(=O)cc2O)c(OC)c1. The van der Waals surface area contributed by atoms with E-state index in [2.05, 4.69) is 5.32 Å². The average Bonchev–Trinajstić information content (AvgIpc) is 2.74. The predicted molar refractivity (Wildman–Crippen MR) is 109 cm³/mol. The first-order chi connectivity index (χ1) is 14.0. The minimum atomic E-state index is -0.498. The highest BCUT2D eigenvalue weighted by Crippen LogP contribution is 2.24. The molecule has 3 rings (SSSR count). The van der Waals surface area contributed by atoms with Gasteiger partial charge in [-0.25, -0.2) is 0 Å². The summed E-state index contributed by atoms with van der Waals surface area (Å²) in [6.45, 7) is 0.482. The van der Waals surface area contributed by atoms with Crippen LogP contribution in [0, 0.1) is 0 Å². The van der Waals surface area contributed by atoms with Crippen molar-refractivity contribution in [3.05, 3.63) is 87.8 Å². The molecule has 29 heavy (non-hydrogen) atoms. The van der Waals surface area contributed by atoms with Gasteiger partial charge in [-0.15, -0.1) is 0 Å². The second-order valence-corrected chi connectivity index (χ2v) is 6.38. The summed E-state index contributed by atoms with van der Waals surface area (Å²) >= 11 is 0. The van der Waals surface area contributed by atoms with E-state index in [-0.39, 0.29) is 23.4 Å². The molecule has 1 amide bonds. The molecule has 0 unspecified atom stereocenters. The highest BCUT2D eigenvalue weighted by molar-refractivity contribution is 5.96. The lowest BCUT2D eigenvalue weighted by molar-refractivity contribution is 0.0947. The lowest BCUT2D eigenvalue weighted by Crippen LogP contribution is -2.27. The molecule has 0 spiro atoms. The van der Waals surface area contributed by atoms with Crippen molar-refractivity contribution < 1.29 is 19.4 Å². The highest BCUT2D eigenvalue weighted by Gasteiger charge is 2.15. The van der Waals surface area contributed by atoms with Crippen LogP contribution in [0.2, 0.25) is 0 Å². The Balaban J connectivity index is 1.79. The zero-order valence-corrected chi connectivity index (χ0v) is 16.2. The second kappa shape index (κ2) is 8.97. The third-order valence-corrected chi connectivity index (χ3v) is 4.48. The van der Waals surface area contributed by atoms with E-state index >= 15 is 0 Å². The van der Waals surface area contributed by atoms with Gasteiger partial charge in [-0.05, 0) is 17.7 Å². The maximum atomic E-state index is 12.6. The van der Waals surface area contributed by atoms with Crippen LogP contribution >= 0.6 is 0 Å². The van der Waals surface area contributed by atoms with Crippen molar-refractivity contribution in [1.82, 2.24) is 9.88 Å². The fourth-order valence-corrected chi connectivity index (χ4v) is 2.91. The summed E-state index contributed by atoms with van der Waals surface area (Å²) in [5.41, 5.74) is 1.29. The van der Waals surface area contributed by atoms with E-state index in [1.54, 1.807) is 25.3 Å². The van der Waals surface area contributed by atoms with Gasteiger partial charge in [0.2, 0.25) is 0 Å². The number of aromatic hydroxyl groups is 1. The van der Waals surface area contributed by atoms with E-state index in [0.717, 1.165) is 17.2 Å². The lowest BCUT2D eigenvalue weighted by atomic mass is 10.1. The first-order valence-electron chi connectivity index (χ1n) is 8.98. The summed E-state index contributed by atoms with van der Waals surface area (Å²) < 4.78 is 11.9. The molecule has 2 N–H and O–H groups in total. The Kier molecular flexibility index (Phi) is 6.19. The summed E-state index contributed by atoms with van der Waals surface area (Å²) in [4.78, 5) is 24.8. The van der Waals surface area contributed by atoms with Crippen LogP contribution in [0.5, 0.6) is 17.2 Å². The fourth-order valence-electron chi connectivity index (χ4n) is 2.91. The summed E-state index contributed by atoms with van der Waals surface area (Å²) in [7, 11) is 3.09. The monoisotopic (exact) mass is 394 g/mol. The van der Waals surface area contributed by atoms with Crippen LogP contribution in [-0.2, 0) is 13.1 Å². The third kappa shape index (κ3) is 4.76. The topological polar surface area (TPSA) is 89.8 Å². The van der Waals surface area contributed by atoms with Crippen LogP contribution in [0.25, 0.3) is 0 Å². The maximum Gasteiger partial charge on any atom is 0.256 e. The molecule has 1 aromatic heterocycles. The first-order valence-corrected chi connectivity index (χ1v) is 8.98. The Morgan fingerprint density at radius 2 is 1.83 bits per heavy atom. The molecule has 1 heterocycles.